The maximum atomic E-state index is 12.4. The molecule has 0 atom stereocenters. The summed E-state index contributed by atoms with van der Waals surface area (Å²) >= 11 is 0. The molecule has 3 rings (SSSR count). The van der Waals surface area contributed by atoms with Crippen LogP contribution in [0.5, 0.6) is 0 Å². The van der Waals surface area contributed by atoms with Gasteiger partial charge in [0.25, 0.3) is 0 Å². The number of esters is 1. The molecule has 0 saturated heterocycles. The first-order chi connectivity index (χ1) is 16.7. The van der Waals surface area contributed by atoms with Crippen molar-refractivity contribution in [2.45, 2.75) is 103 Å². The molecular weight excluding hydrogens is 420 g/mol. The number of hydrogen-bond acceptors (Lipinski definition) is 4. The highest BCUT2D eigenvalue weighted by Gasteiger charge is 2.22. The Morgan fingerprint density at radius 3 is 2.15 bits per heavy atom. The van der Waals surface area contributed by atoms with Crippen molar-refractivity contribution in [3.63, 3.8) is 0 Å². The Balaban J connectivity index is 1.26. The Bertz CT molecular complexity index is 722. The molecule has 0 aromatic heterocycles. The van der Waals surface area contributed by atoms with Crippen molar-refractivity contribution in [3.8, 4) is 0 Å². The summed E-state index contributed by atoms with van der Waals surface area (Å²) in [6.45, 7) is 4.29. The molecule has 0 unspecified atom stereocenters. The molecule has 4 heteroatoms. The summed E-state index contributed by atoms with van der Waals surface area (Å²) in [5, 5.41) is 0. The highest BCUT2D eigenvalue weighted by atomic mass is 16.5. The average Bonchev–Trinajstić information content (AvgIpc) is 3.28. The maximum Gasteiger partial charge on any atom is 0.338 e. The minimum atomic E-state index is -0.215. The maximum absolute atomic E-state index is 12.4. The number of carbonyl (C=O) groups is 1. The number of carbonyl (C=O) groups excluding carboxylic acids is 1. The van der Waals surface area contributed by atoms with Crippen molar-refractivity contribution in [3.05, 3.63) is 47.8 Å². The lowest BCUT2D eigenvalue weighted by molar-refractivity contribution is 0.0476. The van der Waals surface area contributed by atoms with Gasteiger partial charge >= 0.3 is 5.97 Å². The Labute approximate surface area is 208 Å². The van der Waals surface area contributed by atoms with Gasteiger partial charge in [0.15, 0.2) is 0 Å². The fourth-order valence-corrected chi connectivity index (χ4v) is 5.49. The minimum absolute atomic E-state index is 0.215. The largest absolute Gasteiger partial charge is 0.460 e. The standard InChI is InChI=1S/C30H48N2O2/c1-3-4-5-6-7-8-9-10-11-12-26-13-15-27(16-14-26)28-17-19-29(20-18-28)30(33)34-24-23-32-22-21-31(2)25-32/h17-22,26-27H,3-16,23-25H2,1-2H3. The molecule has 0 bridgehead atoms. The lowest BCUT2D eigenvalue weighted by atomic mass is 9.77. The highest BCUT2D eigenvalue weighted by Crippen LogP contribution is 2.37. The molecule has 0 amide bonds. The zero-order chi connectivity index (χ0) is 24.0. The third-order valence-corrected chi connectivity index (χ3v) is 7.73. The Morgan fingerprint density at radius 1 is 0.882 bits per heavy atom. The lowest BCUT2D eigenvalue weighted by Crippen LogP contribution is -2.26. The van der Waals surface area contributed by atoms with Crippen molar-refractivity contribution in [2.24, 2.45) is 5.92 Å². The van der Waals surface area contributed by atoms with E-state index in [2.05, 4.69) is 28.9 Å². The second-order valence-electron chi connectivity index (χ2n) is 10.6. The van der Waals surface area contributed by atoms with Gasteiger partial charge in [-0.05, 0) is 55.2 Å². The molecule has 34 heavy (non-hydrogen) atoms. The number of hydrogen-bond donors (Lipinski definition) is 0. The Morgan fingerprint density at radius 2 is 1.53 bits per heavy atom. The quantitative estimate of drug-likeness (QED) is 0.195. The number of nitrogens with zero attached hydrogens (tertiary/aromatic N) is 2. The van der Waals surface area contributed by atoms with E-state index in [0.717, 1.165) is 19.1 Å². The van der Waals surface area contributed by atoms with Crippen molar-refractivity contribution >= 4 is 5.97 Å². The van der Waals surface area contributed by atoms with Crippen LogP contribution < -0.4 is 0 Å². The van der Waals surface area contributed by atoms with E-state index in [1.807, 2.05) is 31.6 Å². The van der Waals surface area contributed by atoms with Crippen molar-refractivity contribution in [1.29, 1.82) is 0 Å². The smallest absolute Gasteiger partial charge is 0.338 e. The van der Waals surface area contributed by atoms with E-state index in [4.69, 9.17) is 4.74 Å². The topological polar surface area (TPSA) is 32.8 Å². The number of rotatable bonds is 15. The molecule has 1 saturated carbocycles. The fraction of sp³-hybridized carbons (Fsp3) is 0.700. The van der Waals surface area contributed by atoms with Crippen LogP contribution in [-0.4, -0.2) is 42.6 Å². The van der Waals surface area contributed by atoms with Crippen LogP contribution in [0.1, 0.15) is 119 Å². The third-order valence-electron chi connectivity index (χ3n) is 7.73. The minimum Gasteiger partial charge on any atom is -0.460 e. The molecule has 1 heterocycles. The van der Waals surface area contributed by atoms with E-state index < -0.39 is 0 Å². The second-order valence-corrected chi connectivity index (χ2v) is 10.6. The van der Waals surface area contributed by atoms with Crippen molar-refractivity contribution in [1.82, 2.24) is 9.80 Å². The van der Waals surface area contributed by atoms with Gasteiger partial charge in [-0.3, -0.25) is 0 Å². The van der Waals surface area contributed by atoms with Gasteiger partial charge in [-0.1, -0.05) is 83.3 Å². The van der Waals surface area contributed by atoms with Crippen LogP contribution in [0.3, 0.4) is 0 Å². The zero-order valence-electron chi connectivity index (χ0n) is 21.9. The van der Waals surface area contributed by atoms with E-state index in [9.17, 15) is 4.79 Å². The van der Waals surface area contributed by atoms with Gasteiger partial charge in [-0.15, -0.1) is 0 Å². The van der Waals surface area contributed by atoms with Gasteiger partial charge in [-0.2, -0.15) is 0 Å². The normalized spacial score (nSPS) is 20.2. The van der Waals surface area contributed by atoms with Crippen LogP contribution in [-0.2, 0) is 4.74 Å². The van der Waals surface area contributed by atoms with Crippen molar-refractivity contribution < 1.29 is 9.53 Å². The predicted octanol–water partition coefficient (Wildman–Crippen LogP) is 7.71. The predicted molar refractivity (Wildman–Crippen MR) is 142 cm³/mol. The Hall–Kier alpha value is -1.97. The van der Waals surface area contributed by atoms with Crippen LogP contribution in [0.2, 0.25) is 0 Å². The molecule has 1 aromatic rings. The fourth-order valence-electron chi connectivity index (χ4n) is 5.49. The number of unbranched alkanes of at least 4 members (excludes halogenated alkanes) is 8. The van der Waals surface area contributed by atoms with Gasteiger partial charge in [0.2, 0.25) is 0 Å². The van der Waals surface area contributed by atoms with Gasteiger partial charge in [0, 0.05) is 19.4 Å². The van der Waals surface area contributed by atoms with E-state index in [-0.39, 0.29) is 5.97 Å². The second kappa shape index (κ2) is 15.1. The summed E-state index contributed by atoms with van der Waals surface area (Å²) in [7, 11) is 2.04. The molecular formula is C30H48N2O2. The monoisotopic (exact) mass is 468 g/mol. The average molecular weight is 469 g/mol. The molecule has 1 aliphatic carbocycles. The molecule has 0 spiro atoms. The van der Waals surface area contributed by atoms with E-state index in [1.165, 1.54) is 95.5 Å². The van der Waals surface area contributed by atoms with Gasteiger partial charge in [0.1, 0.15) is 6.61 Å². The molecule has 4 nitrogen and oxygen atoms in total. The first-order valence-corrected chi connectivity index (χ1v) is 14.1. The van der Waals surface area contributed by atoms with E-state index in [1.54, 1.807) is 0 Å². The highest BCUT2D eigenvalue weighted by molar-refractivity contribution is 5.89. The third kappa shape index (κ3) is 9.35. The summed E-state index contributed by atoms with van der Waals surface area (Å²) in [6.07, 6.45) is 23.6. The molecule has 1 aliphatic heterocycles. The van der Waals surface area contributed by atoms with Gasteiger partial charge in [-0.25, -0.2) is 4.79 Å². The molecule has 0 N–H and O–H groups in total. The van der Waals surface area contributed by atoms with E-state index in [0.29, 0.717) is 18.1 Å². The summed E-state index contributed by atoms with van der Waals surface area (Å²) < 4.78 is 5.48. The molecule has 1 aromatic carbocycles. The van der Waals surface area contributed by atoms with Crippen molar-refractivity contribution in [2.75, 3.05) is 26.9 Å². The number of benzene rings is 1. The molecule has 2 aliphatic rings. The first-order valence-electron chi connectivity index (χ1n) is 14.1. The summed E-state index contributed by atoms with van der Waals surface area (Å²) in [5.41, 5.74) is 2.06. The lowest BCUT2D eigenvalue weighted by Gasteiger charge is -2.29. The molecule has 1 fully saturated rings. The summed E-state index contributed by atoms with van der Waals surface area (Å²) in [5.74, 6) is 1.37. The van der Waals surface area contributed by atoms with Gasteiger partial charge in [0.05, 0.1) is 18.8 Å². The van der Waals surface area contributed by atoms with Crippen LogP contribution in [0.15, 0.2) is 36.7 Å². The summed E-state index contributed by atoms with van der Waals surface area (Å²) in [4.78, 5) is 16.6. The Kier molecular flexibility index (Phi) is 11.8. The molecule has 0 radical (unpaired) electrons. The van der Waals surface area contributed by atoms with E-state index >= 15 is 0 Å². The van der Waals surface area contributed by atoms with Crippen LogP contribution in [0.4, 0.5) is 0 Å². The van der Waals surface area contributed by atoms with Crippen LogP contribution in [0, 0.1) is 5.92 Å². The number of ether oxygens (including phenoxy) is 1. The van der Waals surface area contributed by atoms with Crippen LogP contribution >= 0.6 is 0 Å². The molecule has 190 valence electrons. The zero-order valence-corrected chi connectivity index (χ0v) is 21.9. The summed E-state index contributed by atoms with van der Waals surface area (Å²) in [6, 6.07) is 8.21. The first kappa shape index (κ1) is 26.6. The van der Waals surface area contributed by atoms with Gasteiger partial charge < -0.3 is 14.5 Å². The van der Waals surface area contributed by atoms with Crippen LogP contribution in [0.25, 0.3) is 0 Å². The SMILES string of the molecule is CCCCCCCCCCCC1CCC(c2ccc(C(=O)OCCN3C=CN(C)C3)cc2)CC1.